The monoisotopic (exact) mass is 368 g/mol. The third-order valence-electron chi connectivity index (χ3n) is 5.42. The summed E-state index contributed by atoms with van der Waals surface area (Å²) in [6, 6.07) is 21.3. The highest BCUT2D eigenvalue weighted by molar-refractivity contribution is 6.09. The smallest absolute Gasteiger partial charge is 0.120 e. The van der Waals surface area contributed by atoms with Crippen LogP contribution in [0.25, 0.3) is 32.9 Å². The van der Waals surface area contributed by atoms with Crippen molar-refractivity contribution in [1.82, 2.24) is 10.3 Å². The Morgan fingerprint density at radius 2 is 1.86 bits per heavy atom. The van der Waals surface area contributed by atoms with Crippen LogP contribution in [0.2, 0.25) is 0 Å². The quantitative estimate of drug-likeness (QED) is 0.486. The lowest BCUT2D eigenvalue weighted by molar-refractivity contribution is 0.242. The van der Waals surface area contributed by atoms with Gasteiger partial charge in [-0.05, 0) is 66.9 Å². The predicted molar refractivity (Wildman–Crippen MR) is 116 cm³/mol. The molecular weight excluding hydrogens is 344 g/mol. The van der Waals surface area contributed by atoms with E-state index in [1.807, 2.05) is 6.07 Å². The number of pyridine rings is 1. The molecule has 3 aromatic carbocycles. The van der Waals surface area contributed by atoms with Crippen molar-refractivity contribution in [3.63, 3.8) is 0 Å². The Balaban J connectivity index is 1.78. The summed E-state index contributed by atoms with van der Waals surface area (Å²) in [4.78, 5) is 5.13. The summed E-state index contributed by atoms with van der Waals surface area (Å²) < 4.78 is 5.92. The number of ether oxygens (including phenoxy) is 1. The van der Waals surface area contributed by atoms with Crippen molar-refractivity contribution < 1.29 is 4.74 Å². The first-order valence-corrected chi connectivity index (χ1v) is 10.0. The highest BCUT2D eigenvalue weighted by Crippen LogP contribution is 2.36. The molecule has 0 radical (unpaired) electrons. The molecule has 1 aliphatic rings. The van der Waals surface area contributed by atoms with Gasteiger partial charge in [-0.2, -0.15) is 0 Å². The Kier molecular flexibility index (Phi) is 4.25. The zero-order valence-corrected chi connectivity index (χ0v) is 16.3. The van der Waals surface area contributed by atoms with Gasteiger partial charge in [0.2, 0.25) is 0 Å². The molecule has 0 amide bonds. The minimum absolute atomic E-state index is 0.154. The maximum Gasteiger partial charge on any atom is 0.120 e. The van der Waals surface area contributed by atoms with E-state index in [-0.39, 0.29) is 6.10 Å². The first-order valence-electron chi connectivity index (χ1n) is 10.0. The summed E-state index contributed by atoms with van der Waals surface area (Å²) in [5, 5.41) is 7.43. The van der Waals surface area contributed by atoms with Crippen molar-refractivity contribution in [3.8, 4) is 17.0 Å². The fourth-order valence-corrected chi connectivity index (χ4v) is 4.27. The molecule has 0 aliphatic carbocycles. The Morgan fingerprint density at radius 3 is 2.75 bits per heavy atom. The van der Waals surface area contributed by atoms with Crippen LogP contribution in [-0.2, 0) is 13.0 Å². The zero-order chi connectivity index (χ0) is 19.1. The van der Waals surface area contributed by atoms with Crippen molar-refractivity contribution in [2.75, 3.05) is 6.54 Å². The van der Waals surface area contributed by atoms with Crippen LogP contribution in [0.1, 0.15) is 25.0 Å². The fraction of sp³-hybridized carbons (Fsp3) is 0.240. The topological polar surface area (TPSA) is 34.1 Å². The van der Waals surface area contributed by atoms with Crippen molar-refractivity contribution in [2.45, 2.75) is 32.9 Å². The fourth-order valence-electron chi connectivity index (χ4n) is 4.27. The minimum Gasteiger partial charge on any atom is -0.491 e. The average Bonchev–Trinajstić information content (AvgIpc) is 2.72. The van der Waals surface area contributed by atoms with E-state index in [2.05, 4.69) is 73.8 Å². The van der Waals surface area contributed by atoms with Crippen LogP contribution in [0.5, 0.6) is 5.75 Å². The molecule has 140 valence electrons. The Hall–Kier alpha value is -2.91. The van der Waals surface area contributed by atoms with E-state index in [4.69, 9.17) is 9.72 Å². The summed E-state index contributed by atoms with van der Waals surface area (Å²) in [6.07, 6.45) is 1.18. The highest BCUT2D eigenvalue weighted by Gasteiger charge is 2.20. The van der Waals surface area contributed by atoms with Crippen LogP contribution >= 0.6 is 0 Å². The second kappa shape index (κ2) is 6.92. The number of hydrogen-bond donors (Lipinski definition) is 1. The number of aromatic nitrogens is 1. The summed E-state index contributed by atoms with van der Waals surface area (Å²) in [6.45, 7) is 5.97. The molecule has 5 rings (SSSR count). The molecule has 0 bridgehead atoms. The van der Waals surface area contributed by atoms with E-state index < -0.39 is 0 Å². The van der Waals surface area contributed by atoms with Crippen LogP contribution in [-0.4, -0.2) is 17.6 Å². The van der Waals surface area contributed by atoms with Crippen LogP contribution in [0.15, 0.2) is 60.7 Å². The van der Waals surface area contributed by atoms with Crippen LogP contribution in [0.3, 0.4) is 0 Å². The second-order valence-corrected chi connectivity index (χ2v) is 7.72. The Bertz CT molecular complexity index is 1180. The average molecular weight is 368 g/mol. The number of hydrogen-bond acceptors (Lipinski definition) is 3. The van der Waals surface area contributed by atoms with Gasteiger partial charge in [0.1, 0.15) is 5.75 Å². The third kappa shape index (κ3) is 2.92. The number of benzene rings is 3. The number of fused-ring (bicyclic) bond motifs is 5. The van der Waals surface area contributed by atoms with Gasteiger partial charge < -0.3 is 10.1 Å². The van der Waals surface area contributed by atoms with E-state index in [9.17, 15) is 0 Å². The van der Waals surface area contributed by atoms with Crippen molar-refractivity contribution >= 4 is 21.7 Å². The highest BCUT2D eigenvalue weighted by atomic mass is 16.5. The molecule has 3 nitrogen and oxygen atoms in total. The van der Waals surface area contributed by atoms with Crippen LogP contribution in [0, 0.1) is 0 Å². The standard InChI is InChI=1S/C25H24N2O/c1-16(2)28-19-8-5-7-18(14-19)25-22-15-26-13-12-21(22)24-20-9-4-3-6-17(20)10-11-23(24)27-25/h3-11,14,16,26H,12-13,15H2,1-2H3. The largest absolute Gasteiger partial charge is 0.491 e. The van der Waals surface area contributed by atoms with Crippen LogP contribution in [0.4, 0.5) is 0 Å². The van der Waals surface area contributed by atoms with Crippen molar-refractivity contribution in [2.24, 2.45) is 0 Å². The number of nitrogens with one attached hydrogen (secondary N) is 1. The second-order valence-electron chi connectivity index (χ2n) is 7.72. The summed E-state index contributed by atoms with van der Waals surface area (Å²) in [5.41, 5.74) is 6.01. The predicted octanol–water partition coefficient (Wildman–Crippen LogP) is 5.49. The molecular formula is C25H24N2O. The minimum atomic E-state index is 0.154. The molecule has 0 saturated heterocycles. The van der Waals surface area contributed by atoms with Crippen molar-refractivity contribution in [1.29, 1.82) is 0 Å². The molecule has 0 unspecified atom stereocenters. The van der Waals surface area contributed by atoms with Gasteiger partial charge in [-0.15, -0.1) is 0 Å². The van der Waals surface area contributed by atoms with Gasteiger partial charge in [-0.25, -0.2) is 4.98 Å². The summed E-state index contributed by atoms with van der Waals surface area (Å²) in [7, 11) is 0. The molecule has 28 heavy (non-hydrogen) atoms. The zero-order valence-electron chi connectivity index (χ0n) is 16.3. The van der Waals surface area contributed by atoms with E-state index in [0.29, 0.717) is 0 Å². The Morgan fingerprint density at radius 1 is 0.964 bits per heavy atom. The van der Waals surface area contributed by atoms with E-state index in [1.165, 1.54) is 27.3 Å². The van der Waals surface area contributed by atoms with Gasteiger partial charge in [0, 0.05) is 17.5 Å². The molecule has 3 heteroatoms. The first-order chi connectivity index (χ1) is 13.7. The molecule has 2 heterocycles. The van der Waals surface area contributed by atoms with Gasteiger partial charge >= 0.3 is 0 Å². The van der Waals surface area contributed by atoms with E-state index in [1.54, 1.807) is 0 Å². The van der Waals surface area contributed by atoms with Gasteiger partial charge in [0.15, 0.2) is 0 Å². The lowest BCUT2D eigenvalue weighted by atomic mass is 9.90. The van der Waals surface area contributed by atoms with Gasteiger partial charge in [0.05, 0.1) is 17.3 Å². The third-order valence-corrected chi connectivity index (χ3v) is 5.42. The SMILES string of the molecule is CC(C)Oc1cccc(-c2nc3ccc4ccccc4c3c3c2CNCC3)c1. The molecule has 1 aromatic heterocycles. The molecule has 0 fully saturated rings. The van der Waals surface area contributed by atoms with Crippen LogP contribution < -0.4 is 10.1 Å². The molecule has 0 atom stereocenters. The van der Waals surface area contributed by atoms with Crippen molar-refractivity contribution in [3.05, 3.63) is 71.8 Å². The molecule has 0 spiro atoms. The molecule has 4 aromatic rings. The van der Waals surface area contributed by atoms with E-state index >= 15 is 0 Å². The molecule has 0 saturated carbocycles. The summed E-state index contributed by atoms with van der Waals surface area (Å²) >= 11 is 0. The Labute approximate surface area is 165 Å². The van der Waals surface area contributed by atoms with E-state index in [0.717, 1.165) is 42.0 Å². The van der Waals surface area contributed by atoms with Gasteiger partial charge in [0.25, 0.3) is 0 Å². The lowest BCUT2D eigenvalue weighted by Crippen LogP contribution is -2.25. The number of rotatable bonds is 3. The molecule has 1 aliphatic heterocycles. The lowest BCUT2D eigenvalue weighted by Gasteiger charge is -2.23. The maximum atomic E-state index is 5.92. The number of nitrogens with zero attached hydrogens (tertiary/aromatic N) is 1. The normalized spacial score (nSPS) is 13.8. The molecule has 1 N–H and O–H groups in total. The first kappa shape index (κ1) is 17.2. The van der Waals surface area contributed by atoms with Gasteiger partial charge in [-0.1, -0.05) is 42.5 Å². The van der Waals surface area contributed by atoms with Gasteiger partial charge in [-0.3, -0.25) is 0 Å². The maximum absolute atomic E-state index is 5.92. The summed E-state index contributed by atoms with van der Waals surface area (Å²) in [5.74, 6) is 0.894.